The van der Waals surface area contributed by atoms with E-state index in [1.165, 1.54) is 60.3 Å². The highest BCUT2D eigenvalue weighted by molar-refractivity contribution is 6.30. The summed E-state index contributed by atoms with van der Waals surface area (Å²) in [6, 6.07) is 58.6. The number of nitrogens with zero attached hydrogens (tertiary/aromatic N) is 2. The lowest BCUT2D eigenvalue weighted by atomic mass is 10.0. The summed E-state index contributed by atoms with van der Waals surface area (Å²) in [6.45, 7) is 0. The van der Waals surface area contributed by atoms with Crippen LogP contribution in [0.25, 0.3) is 77.2 Å². The summed E-state index contributed by atoms with van der Waals surface area (Å²) in [5, 5.41) is 5.79. The van der Waals surface area contributed by atoms with Gasteiger partial charge in [-0.3, -0.25) is 0 Å². The smallest absolute Gasteiger partial charge is 0.0547 e. The van der Waals surface area contributed by atoms with Crippen LogP contribution in [0.1, 0.15) is 0 Å². The van der Waals surface area contributed by atoms with E-state index >= 15 is 0 Å². The van der Waals surface area contributed by atoms with Crippen molar-refractivity contribution in [2.45, 2.75) is 0 Å². The van der Waals surface area contributed by atoms with E-state index in [4.69, 9.17) is 11.6 Å². The lowest BCUT2D eigenvalue weighted by Gasteiger charge is -2.11. The minimum atomic E-state index is 0.746. The van der Waals surface area contributed by atoms with E-state index in [0.717, 1.165) is 22.0 Å². The number of aromatic nitrogens is 2. The molecule has 0 saturated carbocycles. The molecule has 0 spiro atoms. The maximum atomic E-state index is 6.18. The number of para-hydroxylation sites is 3. The lowest BCUT2D eigenvalue weighted by molar-refractivity contribution is 1.18. The van der Waals surface area contributed by atoms with Gasteiger partial charge in [-0.1, -0.05) is 115 Å². The minimum absolute atomic E-state index is 0.746. The van der Waals surface area contributed by atoms with E-state index in [-0.39, 0.29) is 0 Å². The summed E-state index contributed by atoms with van der Waals surface area (Å²) in [4.78, 5) is 0. The minimum Gasteiger partial charge on any atom is -0.309 e. The molecule has 0 amide bonds. The summed E-state index contributed by atoms with van der Waals surface area (Å²) in [7, 11) is 0. The van der Waals surface area contributed by atoms with E-state index in [9.17, 15) is 0 Å². The van der Waals surface area contributed by atoms with Gasteiger partial charge in [0.2, 0.25) is 0 Å². The number of hydrogen-bond acceptors (Lipinski definition) is 0. The van der Waals surface area contributed by atoms with Crippen molar-refractivity contribution in [3.05, 3.63) is 169 Å². The summed E-state index contributed by atoms with van der Waals surface area (Å²) < 4.78 is 4.73. The van der Waals surface area contributed by atoms with Crippen LogP contribution in [0.3, 0.4) is 0 Å². The second-order valence-corrected chi connectivity index (χ2v) is 12.0. The number of fused-ring (bicyclic) bond motifs is 6. The first-order chi connectivity index (χ1) is 22.2. The Hall–Kier alpha value is -5.57. The Morgan fingerprint density at radius 2 is 0.667 bits per heavy atom. The topological polar surface area (TPSA) is 9.86 Å². The predicted molar refractivity (Wildman–Crippen MR) is 191 cm³/mol. The Kier molecular flexibility index (Phi) is 5.90. The molecule has 3 heteroatoms. The van der Waals surface area contributed by atoms with E-state index in [0.29, 0.717) is 0 Å². The van der Waals surface area contributed by atoms with Crippen LogP contribution in [0.15, 0.2) is 164 Å². The second-order valence-electron chi connectivity index (χ2n) is 11.6. The number of rotatable bonds is 4. The van der Waals surface area contributed by atoms with Crippen molar-refractivity contribution in [2.75, 3.05) is 0 Å². The molecule has 9 aromatic rings. The van der Waals surface area contributed by atoms with E-state index in [1.807, 2.05) is 12.1 Å². The molecule has 2 heterocycles. The average Bonchev–Trinajstić information content (AvgIpc) is 3.61. The fourth-order valence-electron chi connectivity index (χ4n) is 6.88. The molecule has 0 bridgehead atoms. The summed E-state index contributed by atoms with van der Waals surface area (Å²) in [5.41, 5.74) is 11.8. The van der Waals surface area contributed by atoms with Gasteiger partial charge >= 0.3 is 0 Å². The fraction of sp³-hybridized carbons (Fsp3) is 0. The third-order valence-corrected chi connectivity index (χ3v) is 9.27. The van der Waals surface area contributed by atoms with Crippen molar-refractivity contribution in [3.63, 3.8) is 0 Å². The van der Waals surface area contributed by atoms with Gasteiger partial charge in [-0.2, -0.15) is 0 Å². The number of halogens is 1. The Morgan fingerprint density at radius 3 is 1.16 bits per heavy atom. The van der Waals surface area contributed by atoms with Crippen molar-refractivity contribution in [1.29, 1.82) is 0 Å². The molecule has 0 unspecified atom stereocenters. The molecule has 7 aromatic carbocycles. The molecular weight excluding hydrogens is 568 g/mol. The monoisotopic (exact) mass is 594 g/mol. The summed E-state index contributed by atoms with van der Waals surface area (Å²) in [5.74, 6) is 0. The maximum Gasteiger partial charge on any atom is 0.0547 e. The highest BCUT2D eigenvalue weighted by Crippen LogP contribution is 2.36. The van der Waals surface area contributed by atoms with E-state index in [1.54, 1.807) is 0 Å². The summed E-state index contributed by atoms with van der Waals surface area (Å²) in [6.07, 6.45) is 0. The first-order valence-electron chi connectivity index (χ1n) is 15.2. The third-order valence-electron chi connectivity index (χ3n) is 9.02. The number of hydrogen-bond donors (Lipinski definition) is 0. The average molecular weight is 595 g/mol. The standard InChI is InChI=1S/C42H27ClN2/c43-32-20-13-30(14-21-32)31-19-26-38-37-9-3-6-12-41(37)45(42(38)27-31)34-24-17-29(18-25-34)28-15-22-33(23-16-28)44-39-10-4-1-7-35(39)36-8-2-5-11-40(36)44/h1-27H. The second kappa shape index (κ2) is 10.3. The Bertz CT molecular complexity index is 2460. The van der Waals surface area contributed by atoms with Crippen LogP contribution in [-0.4, -0.2) is 9.13 Å². The molecule has 0 atom stereocenters. The zero-order chi connectivity index (χ0) is 29.9. The molecule has 45 heavy (non-hydrogen) atoms. The molecule has 0 radical (unpaired) electrons. The van der Waals surface area contributed by atoms with Gasteiger partial charge in [-0.15, -0.1) is 0 Å². The van der Waals surface area contributed by atoms with E-state index in [2.05, 4.69) is 161 Å². The Labute approximate surface area is 266 Å². The van der Waals surface area contributed by atoms with Crippen LogP contribution in [0.2, 0.25) is 5.02 Å². The maximum absolute atomic E-state index is 6.18. The van der Waals surface area contributed by atoms with Gasteiger partial charge in [-0.25, -0.2) is 0 Å². The first kappa shape index (κ1) is 25.9. The molecule has 0 N–H and O–H groups in total. The van der Waals surface area contributed by atoms with Gasteiger partial charge in [0.05, 0.1) is 22.1 Å². The van der Waals surface area contributed by atoms with Crippen LogP contribution < -0.4 is 0 Å². The van der Waals surface area contributed by atoms with Gasteiger partial charge in [0.1, 0.15) is 0 Å². The van der Waals surface area contributed by atoms with Gasteiger partial charge in [0, 0.05) is 37.9 Å². The fourth-order valence-corrected chi connectivity index (χ4v) is 7.00. The SMILES string of the molecule is Clc1ccc(-c2ccc3c4ccccc4n(-c4ccc(-c5ccc(-n6c7ccccc7c7ccccc76)cc5)cc4)c3c2)cc1. The van der Waals surface area contributed by atoms with Crippen LogP contribution >= 0.6 is 11.6 Å². The Morgan fingerprint density at radius 1 is 0.311 bits per heavy atom. The van der Waals surface area contributed by atoms with Crippen LogP contribution in [0, 0.1) is 0 Å². The molecule has 0 fully saturated rings. The lowest BCUT2D eigenvalue weighted by Crippen LogP contribution is -1.95. The largest absolute Gasteiger partial charge is 0.309 e. The van der Waals surface area contributed by atoms with Crippen molar-refractivity contribution < 1.29 is 0 Å². The van der Waals surface area contributed by atoms with Crippen LogP contribution in [0.5, 0.6) is 0 Å². The van der Waals surface area contributed by atoms with Crippen molar-refractivity contribution in [3.8, 4) is 33.6 Å². The molecule has 0 aliphatic heterocycles. The van der Waals surface area contributed by atoms with Gasteiger partial charge in [0.15, 0.2) is 0 Å². The van der Waals surface area contributed by atoms with Crippen LogP contribution in [-0.2, 0) is 0 Å². The van der Waals surface area contributed by atoms with Gasteiger partial charge < -0.3 is 9.13 Å². The molecular formula is C42H27ClN2. The molecule has 2 aromatic heterocycles. The van der Waals surface area contributed by atoms with Crippen molar-refractivity contribution in [1.82, 2.24) is 9.13 Å². The zero-order valence-corrected chi connectivity index (χ0v) is 25.1. The normalized spacial score (nSPS) is 11.7. The molecule has 212 valence electrons. The van der Waals surface area contributed by atoms with Crippen molar-refractivity contribution >= 4 is 55.2 Å². The quantitative estimate of drug-likeness (QED) is 0.192. The molecule has 0 saturated heterocycles. The van der Waals surface area contributed by atoms with Crippen molar-refractivity contribution in [2.24, 2.45) is 0 Å². The molecule has 9 rings (SSSR count). The zero-order valence-electron chi connectivity index (χ0n) is 24.4. The highest BCUT2D eigenvalue weighted by Gasteiger charge is 2.14. The van der Waals surface area contributed by atoms with E-state index < -0.39 is 0 Å². The third kappa shape index (κ3) is 4.18. The summed E-state index contributed by atoms with van der Waals surface area (Å²) >= 11 is 6.18. The first-order valence-corrected chi connectivity index (χ1v) is 15.6. The Balaban J connectivity index is 1.11. The van der Waals surface area contributed by atoms with Crippen LogP contribution in [0.4, 0.5) is 0 Å². The molecule has 0 aliphatic carbocycles. The highest BCUT2D eigenvalue weighted by atomic mass is 35.5. The number of benzene rings is 7. The molecule has 2 nitrogen and oxygen atoms in total. The van der Waals surface area contributed by atoms with Gasteiger partial charge in [0.25, 0.3) is 0 Å². The predicted octanol–water partition coefficient (Wildman–Crippen LogP) is 11.9. The van der Waals surface area contributed by atoms with Gasteiger partial charge in [-0.05, 0) is 82.9 Å². The molecule has 0 aliphatic rings.